The van der Waals surface area contributed by atoms with E-state index >= 15 is 0 Å². The maximum Gasteiger partial charge on any atom is 0.335 e. The van der Waals surface area contributed by atoms with Gasteiger partial charge in [0.05, 0.1) is 16.0 Å². The summed E-state index contributed by atoms with van der Waals surface area (Å²) in [6.45, 7) is 0. The van der Waals surface area contributed by atoms with E-state index in [1.807, 2.05) is 0 Å². The van der Waals surface area contributed by atoms with Crippen LogP contribution in [0.25, 0.3) is 10.2 Å². The van der Waals surface area contributed by atoms with Gasteiger partial charge in [-0.3, -0.25) is 0 Å². The van der Waals surface area contributed by atoms with Gasteiger partial charge >= 0.3 is 5.97 Å². The Balaban J connectivity index is 2.77. The molecule has 0 fully saturated rings. The standard InChI is InChI=1S/C7H5N3O2S/c8-4-1-3(7(11)12)2-5-6(4)13-10-9-5/h1-2H,8H2,(H,11,12). The fourth-order valence-electron chi connectivity index (χ4n) is 1.04. The highest BCUT2D eigenvalue weighted by molar-refractivity contribution is 7.13. The molecule has 0 unspecified atom stereocenters. The van der Waals surface area contributed by atoms with Crippen LogP contribution in [0, 0.1) is 0 Å². The molecule has 0 amide bonds. The van der Waals surface area contributed by atoms with Crippen LogP contribution in [0.4, 0.5) is 5.69 Å². The Morgan fingerprint density at radius 2 is 2.31 bits per heavy atom. The van der Waals surface area contributed by atoms with E-state index in [9.17, 15) is 4.79 Å². The lowest BCUT2D eigenvalue weighted by atomic mass is 10.2. The SMILES string of the molecule is Nc1cc(C(=O)O)cc2nnsc12. The number of carbonyl (C=O) groups is 1. The first kappa shape index (κ1) is 7.93. The molecule has 0 bridgehead atoms. The largest absolute Gasteiger partial charge is 0.478 e. The molecule has 1 aromatic carbocycles. The van der Waals surface area contributed by atoms with Gasteiger partial charge in [-0.25, -0.2) is 4.79 Å². The van der Waals surface area contributed by atoms with Gasteiger partial charge in [0, 0.05) is 0 Å². The van der Waals surface area contributed by atoms with E-state index in [0.29, 0.717) is 11.2 Å². The first-order chi connectivity index (χ1) is 6.18. The molecule has 0 aliphatic carbocycles. The Bertz CT molecular complexity index is 480. The van der Waals surface area contributed by atoms with Crippen LogP contribution in [0.1, 0.15) is 10.4 Å². The number of nitrogens with zero attached hydrogens (tertiary/aromatic N) is 2. The molecule has 0 atom stereocenters. The number of anilines is 1. The van der Waals surface area contributed by atoms with E-state index in [-0.39, 0.29) is 5.56 Å². The average Bonchev–Trinajstić information content (AvgIpc) is 2.51. The highest BCUT2D eigenvalue weighted by Gasteiger charge is 2.09. The summed E-state index contributed by atoms with van der Waals surface area (Å²) in [4.78, 5) is 10.6. The summed E-state index contributed by atoms with van der Waals surface area (Å²) < 4.78 is 4.41. The Morgan fingerprint density at radius 1 is 1.54 bits per heavy atom. The fraction of sp³-hybridized carbons (Fsp3) is 0. The summed E-state index contributed by atoms with van der Waals surface area (Å²) in [5.41, 5.74) is 6.68. The zero-order valence-electron chi connectivity index (χ0n) is 6.39. The normalized spacial score (nSPS) is 10.5. The van der Waals surface area contributed by atoms with E-state index in [1.165, 1.54) is 12.1 Å². The van der Waals surface area contributed by atoms with E-state index in [1.54, 1.807) is 0 Å². The number of carboxylic acid groups (broad SMARTS) is 1. The molecular formula is C7H5N3O2S. The minimum atomic E-state index is -1.01. The van der Waals surface area contributed by atoms with Crippen LogP contribution < -0.4 is 5.73 Å². The molecule has 66 valence electrons. The van der Waals surface area contributed by atoms with E-state index in [0.717, 1.165) is 16.2 Å². The van der Waals surface area contributed by atoms with Crippen molar-refractivity contribution in [3.8, 4) is 0 Å². The molecule has 13 heavy (non-hydrogen) atoms. The Kier molecular flexibility index (Phi) is 1.63. The van der Waals surface area contributed by atoms with Crippen molar-refractivity contribution in [1.82, 2.24) is 9.59 Å². The van der Waals surface area contributed by atoms with Crippen LogP contribution in [0.2, 0.25) is 0 Å². The molecule has 3 N–H and O–H groups in total. The van der Waals surface area contributed by atoms with E-state index < -0.39 is 5.97 Å². The van der Waals surface area contributed by atoms with Crippen LogP contribution in [-0.4, -0.2) is 20.7 Å². The average molecular weight is 195 g/mol. The maximum atomic E-state index is 10.6. The quantitative estimate of drug-likeness (QED) is 0.662. The number of aromatic nitrogens is 2. The highest BCUT2D eigenvalue weighted by Crippen LogP contribution is 2.24. The topological polar surface area (TPSA) is 89.1 Å². The predicted octanol–water partition coefficient (Wildman–Crippen LogP) is 0.972. The summed E-state index contributed by atoms with van der Waals surface area (Å²) in [5.74, 6) is -1.01. The van der Waals surface area contributed by atoms with Crippen LogP contribution in [-0.2, 0) is 0 Å². The Morgan fingerprint density at radius 3 is 3.00 bits per heavy atom. The van der Waals surface area contributed by atoms with Gasteiger partial charge in [0.25, 0.3) is 0 Å². The molecule has 0 saturated carbocycles. The smallest absolute Gasteiger partial charge is 0.335 e. The van der Waals surface area contributed by atoms with Crippen molar-refractivity contribution in [3.63, 3.8) is 0 Å². The fourth-order valence-corrected chi connectivity index (χ4v) is 1.61. The summed E-state index contributed by atoms with van der Waals surface area (Å²) in [7, 11) is 0. The number of carboxylic acids is 1. The molecule has 2 rings (SSSR count). The van der Waals surface area contributed by atoms with Crippen molar-refractivity contribution in [2.45, 2.75) is 0 Å². The van der Waals surface area contributed by atoms with Crippen LogP contribution >= 0.6 is 11.5 Å². The van der Waals surface area contributed by atoms with Gasteiger partial charge in [0.2, 0.25) is 0 Å². The lowest BCUT2D eigenvalue weighted by Crippen LogP contribution is -1.97. The maximum absolute atomic E-state index is 10.6. The van der Waals surface area contributed by atoms with Crippen molar-refractivity contribution < 1.29 is 9.90 Å². The van der Waals surface area contributed by atoms with Crippen molar-refractivity contribution in [3.05, 3.63) is 17.7 Å². The van der Waals surface area contributed by atoms with Crippen LogP contribution in [0.3, 0.4) is 0 Å². The lowest BCUT2D eigenvalue weighted by molar-refractivity contribution is 0.0697. The van der Waals surface area contributed by atoms with Crippen LogP contribution in [0.15, 0.2) is 12.1 Å². The number of fused-ring (bicyclic) bond motifs is 1. The number of nitrogen functional groups attached to an aromatic ring is 1. The molecular weight excluding hydrogens is 190 g/mol. The number of hydrogen-bond acceptors (Lipinski definition) is 5. The summed E-state index contributed by atoms with van der Waals surface area (Å²) in [5, 5.41) is 12.5. The third-order valence-corrected chi connectivity index (χ3v) is 2.42. The van der Waals surface area contributed by atoms with Gasteiger partial charge in [-0.15, -0.1) is 5.10 Å². The van der Waals surface area contributed by atoms with Gasteiger partial charge in [0.15, 0.2) is 0 Å². The number of nitrogens with two attached hydrogens (primary N) is 1. The van der Waals surface area contributed by atoms with Crippen molar-refractivity contribution in [2.24, 2.45) is 0 Å². The second-order valence-corrected chi connectivity index (χ2v) is 3.25. The number of hydrogen-bond donors (Lipinski definition) is 2. The first-order valence-electron chi connectivity index (χ1n) is 3.43. The molecule has 0 aliphatic heterocycles. The summed E-state index contributed by atoms with van der Waals surface area (Å²) in [6.07, 6.45) is 0. The molecule has 0 spiro atoms. The lowest BCUT2D eigenvalue weighted by Gasteiger charge is -1.96. The molecule has 1 aromatic heterocycles. The summed E-state index contributed by atoms with van der Waals surface area (Å²) >= 11 is 1.16. The second kappa shape index (κ2) is 2.67. The molecule has 1 heterocycles. The first-order valence-corrected chi connectivity index (χ1v) is 4.20. The zero-order valence-corrected chi connectivity index (χ0v) is 7.21. The molecule has 5 nitrogen and oxygen atoms in total. The molecule has 0 radical (unpaired) electrons. The highest BCUT2D eigenvalue weighted by atomic mass is 32.1. The van der Waals surface area contributed by atoms with Gasteiger partial charge in [-0.05, 0) is 23.7 Å². The zero-order chi connectivity index (χ0) is 9.42. The van der Waals surface area contributed by atoms with E-state index in [2.05, 4.69) is 9.59 Å². The van der Waals surface area contributed by atoms with Crippen molar-refractivity contribution in [2.75, 3.05) is 5.73 Å². The molecule has 0 aliphatic rings. The van der Waals surface area contributed by atoms with Crippen molar-refractivity contribution >= 4 is 33.4 Å². The third-order valence-electron chi connectivity index (χ3n) is 1.63. The van der Waals surface area contributed by atoms with Crippen LogP contribution in [0.5, 0.6) is 0 Å². The minimum Gasteiger partial charge on any atom is -0.478 e. The number of benzene rings is 1. The Labute approximate surface area is 77.0 Å². The minimum absolute atomic E-state index is 0.137. The van der Waals surface area contributed by atoms with Gasteiger partial charge in [-0.1, -0.05) is 4.49 Å². The van der Waals surface area contributed by atoms with Crippen molar-refractivity contribution in [1.29, 1.82) is 0 Å². The van der Waals surface area contributed by atoms with Gasteiger partial charge in [-0.2, -0.15) is 0 Å². The second-order valence-electron chi connectivity index (χ2n) is 2.49. The molecule has 2 aromatic rings. The van der Waals surface area contributed by atoms with E-state index in [4.69, 9.17) is 10.8 Å². The molecule has 0 saturated heterocycles. The third kappa shape index (κ3) is 1.20. The predicted molar refractivity (Wildman–Crippen MR) is 48.8 cm³/mol. The monoisotopic (exact) mass is 195 g/mol. The van der Waals surface area contributed by atoms with Gasteiger partial charge < -0.3 is 10.8 Å². The van der Waals surface area contributed by atoms with Gasteiger partial charge in [0.1, 0.15) is 5.52 Å². The number of rotatable bonds is 1. The molecule has 6 heteroatoms. The summed E-state index contributed by atoms with van der Waals surface area (Å²) in [6, 6.07) is 2.86. The Hall–Kier alpha value is -1.69. The number of aromatic carboxylic acids is 1.